The second-order valence-electron chi connectivity index (χ2n) is 9.90. The van der Waals surface area contributed by atoms with Gasteiger partial charge in [0, 0.05) is 67.7 Å². The Morgan fingerprint density at radius 3 is 2.51 bits per heavy atom. The number of nitrogens with zero attached hydrogens (tertiary/aromatic N) is 4. The van der Waals surface area contributed by atoms with E-state index >= 15 is 0 Å². The van der Waals surface area contributed by atoms with Gasteiger partial charge in [0.2, 0.25) is 0 Å². The van der Waals surface area contributed by atoms with Gasteiger partial charge in [-0.1, -0.05) is 24.3 Å². The molecule has 0 bridgehead atoms. The lowest BCUT2D eigenvalue weighted by Gasteiger charge is -2.25. The third-order valence-electron chi connectivity index (χ3n) is 6.95. The molecule has 6 heteroatoms. The number of aromatic nitrogens is 2. The molecule has 35 heavy (non-hydrogen) atoms. The van der Waals surface area contributed by atoms with Crippen LogP contribution < -0.4 is 0 Å². The van der Waals surface area contributed by atoms with Crippen molar-refractivity contribution in [1.82, 2.24) is 24.7 Å². The van der Waals surface area contributed by atoms with Crippen LogP contribution in [-0.2, 0) is 13.0 Å². The fourth-order valence-electron chi connectivity index (χ4n) is 4.74. The number of H-pyrrole nitrogens is 1. The molecule has 2 aromatic carbocycles. The van der Waals surface area contributed by atoms with Crippen LogP contribution in [0.5, 0.6) is 0 Å². The summed E-state index contributed by atoms with van der Waals surface area (Å²) in [7, 11) is 8.05. The Morgan fingerprint density at radius 2 is 1.74 bits per heavy atom. The average Bonchev–Trinajstić information content (AvgIpc) is 3.29. The van der Waals surface area contributed by atoms with Gasteiger partial charge in [0.25, 0.3) is 5.91 Å². The Labute approximate surface area is 207 Å². The lowest BCUT2D eigenvalue weighted by molar-refractivity contribution is 0.0786. The minimum atomic E-state index is 0.0411. The zero-order chi connectivity index (χ0) is 24.5. The minimum absolute atomic E-state index is 0.0411. The van der Waals surface area contributed by atoms with Gasteiger partial charge >= 0.3 is 0 Å². The molecule has 1 aliphatic heterocycles. The van der Waals surface area contributed by atoms with Gasteiger partial charge in [-0.2, -0.15) is 0 Å². The molecule has 1 amide bonds. The summed E-state index contributed by atoms with van der Waals surface area (Å²) in [6.07, 6.45) is 5.06. The zero-order valence-electron chi connectivity index (χ0n) is 21.0. The largest absolute Gasteiger partial charge is 0.346 e. The molecular weight excluding hydrogens is 434 g/mol. The molecule has 2 aromatic heterocycles. The van der Waals surface area contributed by atoms with Crippen molar-refractivity contribution in [2.24, 2.45) is 0 Å². The first kappa shape index (κ1) is 23.3. The van der Waals surface area contributed by atoms with Crippen molar-refractivity contribution < 1.29 is 4.79 Å². The molecule has 0 saturated heterocycles. The summed E-state index contributed by atoms with van der Waals surface area (Å²) >= 11 is 0. The summed E-state index contributed by atoms with van der Waals surface area (Å²) in [5, 5.41) is 1.08. The number of benzene rings is 2. The fraction of sp³-hybridized carbons (Fsp3) is 0.310. The Hall–Kier alpha value is -3.48. The maximum Gasteiger partial charge on any atom is 0.253 e. The quantitative estimate of drug-likeness (QED) is 0.453. The van der Waals surface area contributed by atoms with Crippen LogP contribution >= 0.6 is 0 Å². The molecule has 0 fully saturated rings. The second kappa shape index (κ2) is 9.64. The SMILES string of the molecule is CN(C)CCN(C)C(=O)c1ccc(-c2c[nH]c3ncc(-c4ccc5c(c4)CN(C)CC5)cc23)cc1. The van der Waals surface area contributed by atoms with E-state index in [9.17, 15) is 4.79 Å². The molecule has 0 unspecified atom stereocenters. The monoisotopic (exact) mass is 467 g/mol. The smallest absolute Gasteiger partial charge is 0.253 e. The number of carbonyl (C=O) groups excluding carboxylic acids is 1. The van der Waals surface area contributed by atoms with Crippen LogP contribution in [-0.4, -0.2) is 78.4 Å². The molecule has 0 aliphatic carbocycles. The van der Waals surface area contributed by atoms with Gasteiger partial charge in [0.15, 0.2) is 0 Å². The third-order valence-corrected chi connectivity index (χ3v) is 6.95. The molecular formula is C29H33N5O. The minimum Gasteiger partial charge on any atom is -0.346 e. The van der Waals surface area contributed by atoms with E-state index in [4.69, 9.17) is 4.98 Å². The highest BCUT2D eigenvalue weighted by atomic mass is 16.2. The number of hydrogen-bond acceptors (Lipinski definition) is 4. The molecule has 180 valence electrons. The van der Waals surface area contributed by atoms with Crippen LogP contribution in [0.4, 0.5) is 0 Å². The summed E-state index contributed by atoms with van der Waals surface area (Å²) in [6.45, 7) is 3.64. The lowest BCUT2D eigenvalue weighted by atomic mass is 9.95. The van der Waals surface area contributed by atoms with Crippen molar-refractivity contribution in [2.45, 2.75) is 13.0 Å². The van der Waals surface area contributed by atoms with E-state index in [1.54, 1.807) is 4.90 Å². The van der Waals surface area contributed by atoms with Crippen molar-refractivity contribution in [2.75, 3.05) is 47.8 Å². The maximum atomic E-state index is 12.8. The average molecular weight is 468 g/mol. The number of amides is 1. The molecule has 0 radical (unpaired) electrons. The molecule has 1 aliphatic rings. The number of carbonyl (C=O) groups is 1. The fourth-order valence-corrected chi connectivity index (χ4v) is 4.74. The van der Waals surface area contributed by atoms with Crippen LogP contribution in [0.15, 0.2) is 60.9 Å². The van der Waals surface area contributed by atoms with E-state index in [-0.39, 0.29) is 5.91 Å². The number of hydrogen-bond donors (Lipinski definition) is 1. The van der Waals surface area contributed by atoms with Gasteiger partial charge in [-0.05, 0) is 74.1 Å². The highest BCUT2D eigenvalue weighted by Crippen LogP contribution is 2.32. The van der Waals surface area contributed by atoms with E-state index in [2.05, 4.69) is 46.1 Å². The van der Waals surface area contributed by atoms with Crippen molar-refractivity contribution in [3.8, 4) is 22.3 Å². The molecule has 3 heterocycles. The zero-order valence-corrected chi connectivity index (χ0v) is 21.0. The first-order valence-electron chi connectivity index (χ1n) is 12.2. The first-order chi connectivity index (χ1) is 16.9. The summed E-state index contributed by atoms with van der Waals surface area (Å²) in [5.41, 5.74) is 8.89. The van der Waals surface area contributed by atoms with Gasteiger partial charge < -0.3 is 19.7 Å². The van der Waals surface area contributed by atoms with Crippen LogP contribution in [0.3, 0.4) is 0 Å². The number of rotatable bonds is 6. The Bertz CT molecular complexity index is 1360. The van der Waals surface area contributed by atoms with Gasteiger partial charge in [-0.25, -0.2) is 4.98 Å². The molecule has 5 rings (SSSR count). The van der Waals surface area contributed by atoms with E-state index in [0.717, 1.165) is 53.8 Å². The van der Waals surface area contributed by atoms with Crippen molar-refractivity contribution >= 4 is 16.9 Å². The maximum absolute atomic E-state index is 12.8. The van der Waals surface area contributed by atoms with Gasteiger partial charge in [-0.3, -0.25) is 4.79 Å². The number of nitrogens with one attached hydrogen (secondary N) is 1. The van der Waals surface area contributed by atoms with E-state index in [0.29, 0.717) is 12.1 Å². The molecule has 6 nitrogen and oxygen atoms in total. The predicted molar refractivity (Wildman–Crippen MR) is 143 cm³/mol. The highest BCUT2D eigenvalue weighted by molar-refractivity contribution is 5.98. The highest BCUT2D eigenvalue weighted by Gasteiger charge is 2.16. The lowest BCUT2D eigenvalue weighted by Crippen LogP contribution is -2.33. The van der Waals surface area contributed by atoms with Crippen molar-refractivity contribution in [3.63, 3.8) is 0 Å². The number of pyridine rings is 1. The predicted octanol–water partition coefficient (Wildman–Crippen LogP) is 4.52. The van der Waals surface area contributed by atoms with Gasteiger partial charge in [-0.15, -0.1) is 0 Å². The Kier molecular flexibility index (Phi) is 6.41. The second-order valence-corrected chi connectivity index (χ2v) is 9.90. The molecule has 0 atom stereocenters. The summed E-state index contributed by atoms with van der Waals surface area (Å²) in [4.78, 5) is 27.0. The number of aromatic amines is 1. The Balaban J connectivity index is 1.41. The molecule has 0 spiro atoms. The van der Waals surface area contributed by atoms with Crippen LogP contribution in [0.25, 0.3) is 33.3 Å². The summed E-state index contributed by atoms with van der Waals surface area (Å²) in [6, 6.07) is 16.9. The molecule has 1 N–H and O–H groups in total. The Morgan fingerprint density at radius 1 is 0.971 bits per heavy atom. The van der Waals surface area contributed by atoms with Crippen LogP contribution in [0.2, 0.25) is 0 Å². The standard InChI is InChI=1S/C29H33N5O/c1-32(2)13-14-34(4)29(35)22-8-6-21(7-9-22)27-18-31-28-26(27)16-24(17-30-28)23-10-5-20-11-12-33(3)19-25(20)15-23/h5-10,15-18H,11-14,19H2,1-4H3,(H,30,31). The number of likely N-dealkylation sites (N-methyl/N-ethyl adjacent to an activating group) is 3. The first-order valence-corrected chi connectivity index (χ1v) is 12.2. The number of fused-ring (bicyclic) bond motifs is 2. The van der Waals surface area contributed by atoms with E-state index < -0.39 is 0 Å². The van der Waals surface area contributed by atoms with Gasteiger partial charge in [0.05, 0.1) is 0 Å². The summed E-state index contributed by atoms with van der Waals surface area (Å²) in [5.74, 6) is 0.0411. The normalized spacial score (nSPS) is 13.9. The molecule has 4 aromatic rings. The van der Waals surface area contributed by atoms with Gasteiger partial charge in [0.1, 0.15) is 5.65 Å². The van der Waals surface area contributed by atoms with E-state index in [1.165, 1.54) is 16.7 Å². The third kappa shape index (κ3) is 4.85. The summed E-state index contributed by atoms with van der Waals surface area (Å²) < 4.78 is 0. The molecule has 0 saturated carbocycles. The van der Waals surface area contributed by atoms with E-state index in [1.807, 2.05) is 57.8 Å². The van der Waals surface area contributed by atoms with Crippen molar-refractivity contribution in [1.29, 1.82) is 0 Å². The van der Waals surface area contributed by atoms with Crippen LogP contribution in [0, 0.1) is 0 Å². The van der Waals surface area contributed by atoms with Crippen LogP contribution in [0.1, 0.15) is 21.5 Å². The van der Waals surface area contributed by atoms with Crippen molar-refractivity contribution in [3.05, 3.63) is 77.6 Å². The topological polar surface area (TPSA) is 55.5 Å².